The van der Waals surface area contributed by atoms with Gasteiger partial charge in [0.15, 0.2) is 11.5 Å². The number of ether oxygens (including phenoxy) is 1. The highest BCUT2D eigenvalue weighted by Gasteiger charge is 2.31. The maximum absolute atomic E-state index is 12.5. The lowest BCUT2D eigenvalue weighted by atomic mass is 10.1. The molecule has 0 bridgehead atoms. The number of carbonyl (C=O) groups is 1. The van der Waals surface area contributed by atoms with E-state index < -0.39 is 55.5 Å². The van der Waals surface area contributed by atoms with E-state index in [1.165, 1.54) is 31.2 Å². The quantitative estimate of drug-likeness (QED) is 0.570. The number of nitro groups is 1. The molecule has 0 unspecified atom stereocenters. The van der Waals surface area contributed by atoms with Gasteiger partial charge < -0.3 is 4.74 Å². The first-order valence-corrected chi connectivity index (χ1v) is 9.00. The Bertz CT molecular complexity index is 1020. The van der Waals surface area contributed by atoms with E-state index in [1.54, 1.807) is 4.72 Å². The molecule has 0 radical (unpaired) electrons. The molecule has 2 aromatic rings. The standard InChI is InChI=1S/C16H13F3N2O6S/c1-10-5-4-7-12(27-9-16(17,18)19)14(10)15(22)20-28(25,26)13-8-3-2-6-11(13)21(23)24/h2-8H,9H2,1H3,(H,20,22). The van der Waals surface area contributed by atoms with Crippen LogP contribution in [0.25, 0.3) is 0 Å². The van der Waals surface area contributed by atoms with Gasteiger partial charge in [-0.3, -0.25) is 14.9 Å². The fraction of sp³-hybridized carbons (Fsp3) is 0.188. The zero-order valence-electron chi connectivity index (χ0n) is 14.2. The second-order valence-corrected chi connectivity index (χ2v) is 7.16. The van der Waals surface area contributed by atoms with Gasteiger partial charge in [-0.2, -0.15) is 13.2 Å². The van der Waals surface area contributed by atoms with Gasteiger partial charge in [0.25, 0.3) is 21.6 Å². The SMILES string of the molecule is Cc1cccc(OCC(F)(F)F)c1C(=O)NS(=O)(=O)c1ccccc1[N+](=O)[O-]. The fourth-order valence-corrected chi connectivity index (χ4v) is 3.41. The highest BCUT2D eigenvalue weighted by atomic mass is 32.2. The highest BCUT2D eigenvalue weighted by molar-refractivity contribution is 7.90. The summed E-state index contributed by atoms with van der Waals surface area (Å²) in [5.41, 5.74) is -1.05. The molecule has 2 aromatic carbocycles. The number of nitrogens with one attached hydrogen (secondary N) is 1. The molecule has 0 heterocycles. The van der Waals surface area contributed by atoms with Gasteiger partial charge in [-0.1, -0.05) is 24.3 Å². The van der Waals surface area contributed by atoms with Crippen LogP contribution < -0.4 is 9.46 Å². The average Bonchev–Trinajstić information content (AvgIpc) is 2.58. The van der Waals surface area contributed by atoms with Crippen LogP contribution in [-0.4, -0.2) is 32.0 Å². The number of hydrogen-bond acceptors (Lipinski definition) is 6. The number of sulfonamides is 1. The van der Waals surface area contributed by atoms with Gasteiger partial charge in [0.05, 0.1) is 10.5 Å². The number of amides is 1. The Labute approximate surface area is 157 Å². The topological polar surface area (TPSA) is 116 Å². The van der Waals surface area contributed by atoms with E-state index in [2.05, 4.69) is 4.74 Å². The van der Waals surface area contributed by atoms with Crippen molar-refractivity contribution in [2.75, 3.05) is 6.61 Å². The number of carbonyl (C=O) groups excluding carboxylic acids is 1. The molecule has 2 rings (SSSR count). The van der Waals surface area contributed by atoms with Gasteiger partial charge in [0, 0.05) is 6.07 Å². The molecule has 0 aliphatic carbocycles. The summed E-state index contributed by atoms with van der Waals surface area (Å²) in [6.45, 7) is -0.319. The first-order valence-electron chi connectivity index (χ1n) is 7.52. The summed E-state index contributed by atoms with van der Waals surface area (Å²) >= 11 is 0. The lowest BCUT2D eigenvalue weighted by Crippen LogP contribution is -2.32. The van der Waals surface area contributed by atoms with Crippen molar-refractivity contribution in [3.05, 3.63) is 63.7 Å². The Hall–Kier alpha value is -3.15. The van der Waals surface area contributed by atoms with Crippen molar-refractivity contribution < 1.29 is 36.0 Å². The minimum Gasteiger partial charge on any atom is -0.483 e. The van der Waals surface area contributed by atoms with Crippen LogP contribution in [0.15, 0.2) is 47.4 Å². The molecule has 0 fully saturated rings. The summed E-state index contributed by atoms with van der Waals surface area (Å²) in [5.74, 6) is -1.76. The number of aryl methyl sites for hydroxylation is 1. The van der Waals surface area contributed by atoms with Crippen LogP contribution in [0, 0.1) is 17.0 Å². The monoisotopic (exact) mass is 418 g/mol. The maximum Gasteiger partial charge on any atom is 0.422 e. The van der Waals surface area contributed by atoms with E-state index in [0.29, 0.717) is 0 Å². The average molecular weight is 418 g/mol. The summed E-state index contributed by atoms with van der Waals surface area (Å²) in [7, 11) is -4.68. The van der Waals surface area contributed by atoms with Gasteiger partial charge in [-0.05, 0) is 24.6 Å². The number of benzene rings is 2. The molecule has 1 amide bonds. The fourth-order valence-electron chi connectivity index (χ4n) is 2.27. The summed E-state index contributed by atoms with van der Waals surface area (Å²) in [5, 5.41) is 11.0. The van der Waals surface area contributed by atoms with Crippen molar-refractivity contribution in [1.29, 1.82) is 0 Å². The van der Waals surface area contributed by atoms with Gasteiger partial charge in [-0.15, -0.1) is 0 Å². The molecule has 0 spiro atoms. The van der Waals surface area contributed by atoms with Crippen molar-refractivity contribution in [1.82, 2.24) is 4.72 Å². The molecule has 12 heteroatoms. The van der Waals surface area contributed by atoms with E-state index in [1.807, 2.05) is 0 Å². The molecule has 1 N–H and O–H groups in total. The number of rotatable bonds is 6. The number of para-hydroxylation sites is 1. The minimum atomic E-state index is -4.68. The van der Waals surface area contributed by atoms with Crippen molar-refractivity contribution in [3.8, 4) is 5.75 Å². The van der Waals surface area contributed by atoms with Crippen LogP contribution in [0.3, 0.4) is 0 Å². The number of halogens is 3. The summed E-state index contributed by atoms with van der Waals surface area (Å²) < 4.78 is 68.3. The predicted octanol–water partition coefficient (Wildman–Crippen LogP) is 2.96. The summed E-state index contributed by atoms with van der Waals surface area (Å²) in [6, 6.07) is 8.09. The van der Waals surface area contributed by atoms with Gasteiger partial charge in [-0.25, -0.2) is 13.1 Å². The third-order valence-electron chi connectivity index (χ3n) is 3.43. The molecule has 28 heavy (non-hydrogen) atoms. The zero-order chi connectivity index (χ0) is 21.1. The van der Waals surface area contributed by atoms with E-state index >= 15 is 0 Å². The van der Waals surface area contributed by atoms with Crippen molar-refractivity contribution in [2.24, 2.45) is 0 Å². The van der Waals surface area contributed by atoms with Gasteiger partial charge >= 0.3 is 6.18 Å². The number of alkyl halides is 3. The van der Waals surface area contributed by atoms with Crippen LogP contribution in [0.1, 0.15) is 15.9 Å². The second kappa shape index (κ2) is 7.84. The molecular formula is C16H13F3N2O6S. The van der Waals surface area contributed by atoms with E-state index in [9.17, 15) is 36.5 Å². The molecule has 0 saturated carbocycles. The third-order valence-corrected chi connectivity index (χ3v) is 4.81. The Morgan fingerprint density at radius 3 is 2.43 bits per heavy atom. The lowest BCUT2D eigenvalue weighted by Gasteiger charge is -2.15. The Kier molecular flexibility index (Phi) is 5.92. The van der Waals surface area contributed by atoms with E-state index in [-0.39, 0.29) is 5.56 Å². The van der Waals surface area contributed by atoms with E-state index in [4.69, 9.17) is 0 Å². The highest BCUT2D eigenvalue weighted by Crippen LogP contribution is 2.27. The Morgan fingerprint density at radius 1 is 1.18 bits per heavy atom. The number of nitro benzene ring substituents is 1. The molecule has 0 atom stereocenters. The molecule has 0 saturated heterocycles. The Balaban J connectivity index is 2.39. The van der Waals surface area contributed by atoms with Crippen LogP contribution in [0.4, 0.5) is 18.9 Å². The molecular weight excluding hydrogens is 405 g/mol. The van der Waals surface area contributed by atoms with Crippen LogP contribution in [0.5, 0.6) is 5.75 Å². The summed E-state index contributed by atoms with van der Waals surface area (Å²) in [4.78, 5) is 21.8. The minimum absolute atomic E-state index is 0.148. The Morgan fingerprint density at radius 2 is 1.82 bits per heavy atom. The van der Waals surface area contributed by atoms with Crippen molar-refractivity contribution in [2.45, 2.75) is 18.0 Å². The largest absolute Gasteiger partial charge is 0.483 e. The molecule has 150 valence electrons. The second-order valence-electron chi connectivity index (χ2n) is 5.51. The van der Waals surface area contributed by atoms with Crippen LogP contribution in [-0.2, 0) is 10.0 Å². The molecule has 0 aliphatic rings. The van der Waals surface area contributed by atoms with Crippen molar-refractivity contribution >= 4 is 21.6 Å². The van der Waals surface area contributed by atoms with Crippen LogP contribution in [0.2, 0.25) is 0 Å². The third kappa shape index (κ3) is 4.97. The first-order chi connectivity index (χ1) is 12.9. The van der Waals surface area contributed by atoms with Gasteiger partial charge in [0.2, 0.25) is 0 Å². The lowest BCUT2D eigenvalue weighted by molar-refractivity contribution is -0.387. The first kappa shape index (κ1) is 21.2. The normalized spacial score (nSPS) is 11.7. The van der Waals surface area contributed by atoms with E-state index in [0.717, 1.165) is 18.2 Å². The number of nitrogens with zero attached hydrogens (tertiary/aromatic N) is 1. The van der Waals surface area contributed by atoms with Gasteiger partial charge in [0.1, 0.15) is 5.75 Å². The van der Waals surface area contributed by atoms with Crippen LogP contribution >= 0.6 is 0 Å². The molecule has 8 nitrogen and oxygen atoms in total. The molecule has 0 aromatic heterocycles. The predicted molar refractivity (Wildman–Crippen MR) is 90.5 cm³/mol. The van der Waals surface area contributed by atoms with Crippen molar-refractivity contribution in [3.63, 3.8) is 0 Å². The maximum atomic E-state index is 12.5. The molecule has 0 aliphatic heterocycles. The smallest absolute Gasteiger partial charge is 0.422 e. The summed E-state index contributed by atoms with van der Waals surface area (Å²) in [6.07, 6.45) is -4.67. The number of hydrogen-bond donors (Lipinski definition) is 1. The zero-order valence-corrected chi connectivity index (χ0v) is 15.0.